The van der Waals surface area contributed by atoms with Gasteiger partial charge in [-0.25, -0.2) is 9.07 Å². The molecule has 3 nitrogen and oxygen atoms in total. The standard InChI is InChI=1S/C12H14FN3/c1-9-7-15-16(8-9)12-5-10(2-3-14)4-11(13)6-12/h4-8H,2-3,14H2,1H3. The van der Waals surface area contributed by atoms with E-state index in [1.807, 2.05) is 19.2 Å². The smallest absolute Gasteiger partial charge is 0.125 e. The van der Waals surface area contributed by atoms with Crippen LogP contribution in [0.25, 0.3) is 5.69 Å². The van der Waals surface area contributed by atoms with Crippen molar-refractivity contribution in [3.63, 3.8) is 0 Å². The maximum Gasteiger partial charge on any atom is 0.125 e. The number of nitrogens with two attached hydrogens (primary N) is 1. The molecule has 2 rings (SSSR count). The summed E-state index contributed by atoms with van der Waals surface area (Å²) in [5.74, 6) is -0.255. The number of nitrogens with zero attached hydrogens (tertiary/aromatic N) is 2. The molecule has 0 saturated carbocycles. The van der Waals surface area contributed by atoms with E-state index in [4.69, 9.17) is 5.73 Å². The van der Waals surface area contributed by atoms with Gasteiger partial charge in [-0.15, -0.1) is 0 Å². The molecule has 0 aliphatic carbocycles. The molecule has 0 atom stereocenters. The van der Waals surface area contributed by atoms with E-state index in [-0.39, 0.29) is 5.82 Å². The molecular formula is C12H14FN3. The van der Waals surface area contributed by atoms with Gasteiger partial charge in [-0.3, -0.25) is 0 Å². The van der Waals surface area contributed by atoms with Crippen LogP contribution in [-0.4, -0.2) is 16.3 Å². The van der Waals surface area contributed by atoms with Crippen molar-refractivity contribution in [2.75, 3.05) is 6.54 Å². The van der Waals surface area contributed by atoms with Crippen LogP contribution in [0, 0.1) is 12.7 Å². The van der Waals surface area contributed by atoms with Crippen LogP contribution in [0.4, 0.5) is 4.39 Å². The Morgan fingerprint density at radius 1 is 1.38 bits per heavy atom. The van der Waals surface area contributed by atoms with Gasteiger partial charge < -0.3 is 5.73 Å². The third-order valence-electron chi connectivity index (χ3n) is 2.35. The molecule has 0 aliphatic heterocycles. The predicted octanol–water partition coefficient (Wildman–Crippen LogP) is 1.82. The van der Waals surface area contributed by atoms with E-state index in [0.717, 1.165) is 16.8 Å². The molecule has 0 fully saturated rings. The van der Waals surface area contributed by atoms with Gasteiger partial charge in [-0.05, 0) is 49.2 Å². The summed E-state index contributed by atoms with van der Waals surface area (Å²) in [7, 11) is 0. The summed E-state index contributed by atoms with van der Waals surface area (Å²) in [6.45, 7) is 2.46. The second-order valence-corrected chi connectivity index (χ2v) is 3.82. The molecule has 1 aromatic heterocycles. The van der Waals surface area contributed by atoms with Crippen LogP contribution in [0.15, 0.2) is 30.6 Å². The Balaban J connectivity index is 2.40. The lowest BCUT2D eigenvalue weighted by atomic mass is 10.1. The fourth-order valence-corrected chi connectivity index (χ4v) is 1.63. The molecule has 0 radical (unpaired) electrons. The van der Waals surface area contributed by atoms with Crippen molar-refractivity contribution < 1.29 is 4.39 Å². The van der Waals surface area contributed by atoms with Gasteiger partial charge in [-0.1, -0.05) is 0 Å². The Hall–Kier alpha value is -1.68. The first-order chi connectivity index (χ1) is 7.69. The second-order valence-electron chi connectivity index (χ2n) is 3.82. The average Bonchev–Trinajstić information content (AvgIpc) is 2.64. The van der Waals surface area contributed by atoms with Crippen LogP contribution in [0.3, 0.4) is 0 Å². The van der Waals surface area contributed by atoms with Gasteiger partial charge in [-0.2, -0.15) is 5.10 Å². The van der Waals surface area contributed by atoms with Gasteiger partial charge in [0.2, 0.25) is 0 Å². The van der Waals surface area contributed by atoms with Crippen LogP contribution in [0.1, 0.15) is 11.1 Å². The quantitative estimate of drug-likeness (QED) is 0.855. The highest BCUT2D eigenvalue weighted by atomic mass is 19.1. The lowest BCUT2D eigenvalue weighted by Crippen LogP contribution is -2.04. The maximum absolute atomic E-state index is 13.4. The highest BCUT2D eigenvalue weighted by molar-refractivity contribution is 5.36. The fourth-order valence-electron chi connectivity index (χ4n) is 1.63. The molecule has 0 bridgehead atoms. The molecule has 1 aromatic carbocycles. The van der Waals surface area contributed by atoms with Crippen LogP contribution in [0.2, 0.25) is 0 Å². The molecule has 2 aromatic rings. The lowest BCUT2D eigenvalue weighted by Gasteiger charge is -2.05. The Kier molecular flexibility index (Phi) is 3.01. The second kappa shape index (κ2) is 4.45. The summed E-state index contributed by atoms with van der Waals surface area (Å²) in [5, 5.41) is 4.15. The van der Waals surface area contributed by atoms with Crippen molar-refractivity contribution in [3.05, 3.63) is 47.5 Å². The summed E-state index contributed by atoms with van der Waals surface area (Å²) >= 11 is 0. The molecule has 0 unspecified atom stereocenters. The first-order valence-electron chi connectivity index (χ1n) is 5.20. The topological polar surface area (TPSA) is 43.8 Å². The van der Waals surface area contributed by atoms with E-state index >= 15 is 0 Å². The molecule has 16 heavy (non-hydrogen) atoms. The summed E-state index contributed by atoms with van der Waals surface area (Å²) in [4.78, 5) is 0. The van der Waals surface area contributed by atoms with E-state index in [9.17, 15) is 4.39 Å². The minimum absolute atomic E-state index is 0.255. The number of benzene rings is 1. The number of aromatic nitrogens is 2. The van der Waals surface area contributed by atoms with Gasteiger partial charge >= 0.3 is 0 Å². The highest BCUT2D eigenvalue weighted by Crippen LogP contribution is 2.14. The van der Waals surface area contributed by atoms with Crippen molar-refractivity contribution in [3.8, 4) is 5.69 Å². The largest absolute Gasteiger partial charge is 0.330 e. The van der Waals surface area contributed by atoms with Crippen molar-refractivity contribution in [1.29, 1.82) is 0 Å². The molecule has 2 N–H and O–H groups in total. The zero-order valence-electron chi connectivity index (χ0n) is 9.15. The van der Waals surface area contributed by atoms with Crippen LogP contribution in [0.5, 0.6) is 0 Å². The van der Waals surface area contributed by atoms with E-state index in [1.165, 1.54) is 12.1 Å². The number of aryl methyl sites for hydroxylation is 1. The number of halogens is 1. The van der Waals surface area contributed by atoms with Gasteiger partial charge in [0.1, 0.15) is 5.82 Å². The Morgan fingerprint density at radius 3 is 2.81 bits per heavy atom. The summed E-state index contributed by atoms with van der Waals surface area (Å²) in [6.07, 6.45) is 4.28. The molecule has 1 heterocycles. The molecular weight excluding hydrogens is 205 g/mol. The third-order valence-corrected chi connectivity index (χ3v) is 2.35. The molecule has 4 heteroatoms. The Labute approximate surface area is 93.7 Å². The number of rotatable bonds is 3. The summed E-state index contributed by atoms with van der Waals surface area (Å²) in [5.41, 5.74) is 8.13. The normalized spacial score (nSPS) is 10.7. The Bertz CT molecular complexity index is 491. The first kappa shape index (κ1) is 10.8. The monoisotopic (exact) mass is 219 g/mol. The van der Waals surface area contributed by atoms with E-state index < -0.39 is 0 Å². The van der Waals surface area contributed by atoms with Crippen molar-refractivity contribution >= 4 is 0 Å². The van der Waals surface area contributed by atoms with Gasteiger partial charge in [0.05, 0.1) is 11.9 Å². The summed E-state index contributed by atoms with van der Waals surface area (Å²) < 4.78 is 15.0. The van der Waals surface area contributed by atoms with E-state index in [0.29, 0.717) is 13.0 Å². The third kappa shape index (κ3) is 2.28. The van der Waals surface area contributed by atoms with Crippen LogP contribution < -0.4 is 5.73 Å². The number of hydrogen-bond donors (Lipinski definition) is 1. The molecule has 0 aliphatic rings. The molecule has 0 saturated heterocycles. The van der Waals surface area contributed by atoms with Gasteiger partial charge in [0.25, 0.3) is 0 Å². The number of hydrogen-bond acceptors (Lipinski definition) is 2. The minimum atomic E-state index is -0.255. The average molecular weight is 219 g/mol. The minimum Gasteiger partial charge on any atom is -0.330 e. The lowest BCUT2D eigenvalue weighted by molar-refractivity contribution is 0.622. The fraction of sp³-hybridized carbons (Fsp3) is 0.250. The Morgan fingerprint density at radius 2 is 2.19 bits per heavy atom. The van der Waals surface area contributed by atoms with Gasteiger partial charge in [0.15, 0.2) is 0 Å². The summed E-state index contributed by atoms with van der Waals surface area (Å²) in [6, 6.07) is 4.88. The van der Waals surface area contributed by atoms with Crippen LogP contribution in [-0.2, 0) is 6.42 Å². The molecule has 84 valence electrons. The SMILES string of the molecule is Cc1cnn(-c2cc(F)cc(CCN)c2)c1. The van der Waals surface area contributed by atoms with Crippen LogP contribution >= 0.6 is 0 Å². The first-order valence-corrected chi connectivity index (χ1v) is 5.20. The predicted molar refractivity (Wildman–Crippen MR) is 61.0 cm³/mol. The van der Waals surface area contributed by atoms with E-state index in [1.54, 1.807) is 10.9 Å². The van der Waals surface area contributed by atoms with E-state index in [2.05, 4.69) is 5.10 Å². The molecule has 0 amide bonds. The van der Waals surface area contributed by atoms with Crippen molar-refractivity contribution in [2.45, 2.75) is 13.3 Å². The van der Waals surface area contributed by atoms with Gasteiger partial charge in [0, 0.05) is 6.20 Å². The highest BCUT2D eigenvalue weighted by Gasteiger charge is 2.03. The van der Waals surface area contributed by atoms with Crippen molar-refractivity contribution in [2.24, 2.45) is 5.73 Å². The van der Waals surface area contributed by atoms with Crippen molar-refractivity contribution in [1.82, 2.24) is 9.78 Å². The molecule has 0 spiro atoms. The zero-order valence-corrected chi connectivity index (χ0v) is 9.15. The zero-order chi connectivity index (χ0) is 11.5. The maximum atomic E-state index is 13.4.